The summed E-state index contributed by atoms with van der Waals surface area (Å²) in [5, 5.41) is 6.68. The van der Waals surface area contributed by atoms with Crippen LogP contribution < -0.4 is 10.0 Å². The summed E-state index contributed by atoms with van der Waals surface area (Å²) >= 11 is 0. The van der Waals surface area contributed by atoms with Gasteiger partial charge in [0.15, 0.2) is 0 Å². The van der Waals surface area contributed by atoms with Gasteiger partial charge in [0.2, 0.25) is 15.9 Å². The average molecular weight is 354 g/mol. The highest BCUT2D eigenvalue weighted by molar-refractivity contribution is 7.89. The summed E-state index contributed by atoms with van der Waals surface area (Å²) in [6.45, 7) is 2.83. The van der Waals surface area contributed by atoms with Crippen LogP contribution in [0.4, 0.5) is 4.39 Å². The lowest BCUT2D eigenvalue weighted by molar-refractivity contribution is -0.120. The Bertz CT molecular complexity index is 848. The van der Waals surface area contributed by atoms with Crippen LogP contribution in [0, 0.1) is 12.7 Å². The second kappa shape index (κ2) is 7.10. The molecule has 1 aromatic heterocycles. The van der Waals surface area contributed by atoms with Crippen LogP contribution in [0.2, 0.25) is 0 Å². The molecule has 0 fully saturated rings. The summed E-state index contributed by atoms with van der Waals surface area (Å²) in [5.41, 5.74) is 1.02. The van der Waals surface area contributed by atoms with Crippen LogP contribution in [-0.4, -0.2) is 30.7 Å². The number of aryl methyl sites for hydroxylation is 2. The largest absolute Gasteiger partial charge is 0.348 e. The fourth-order valence-corrected chi connectivity index (χ4v) is 3.13. The SMILES string of the molecule is Cc1cc(S(=O)(=O)NCC(=O)N[C@@H](C)c2cnn(C)c2)ccc1F. The van der Waals surface area contributed by atoms with Gasteiger partial charge in [-0.15, -0.1) is 0 Å². The Morgan fingerprint density at radius 2 is 2.12 bits per heavy atom. The van der Waals surface area contributed by atoms with Crippen LogP contribution in [0.1, 0.15) is 24.1 Å². The highest BCUT2D eigenvalue weighted by Crippen LogP contribution is 2.14. The van der Waals surface area contributed by atoms with Crippen molar-refractivity contribution in [2.24, 2.45) is 7.05 Å². The molecule has 0 spiro atoms. The number of carbonyl (C=O) groups is 1. The maximum atomic E-state index is 13.2. The zero-order chi connectivity index (χ0) is 17.9. The summed E-state index contributed by atoms with van der Waals surface area (Å²) in [4.78, 5) is 11.8. The maximum absolute atomic E-state index is 13.2. The second-order valence-electron chi connectivity index (χ2n) is 5.47. The molecular formula is C15H19FN4O3S. The fourth-order valence-electron chi connectivity index (χ4n) is 2.07. The van der Waals surface area contributed by atoms with Gasteiger partial charge < -0.3 is 5.32 Å². The first-order chi connectivity index (χ1) is 11.2. The van der Waals surface area contributed by atoms with Crippen LogP contribution in [-0.2, 0) is 21.9 Å². The van der Waals surface area contributed by atoms with Crippen LogP contribution in [0.3, 0.4) is 0 Å². The van der Waals surface area contributed by atoms with E-state index in [9.17, 15) is 17.6 Å². The number of carbonyl (C=O) groups excluding carboxylic acids is 1. The van der Waals surface area contributed by atoms with E-state index < -0.39 is 28.3 Å². The fraction of sp³-hybridized carbons (Fsp3) is 0.333. The summed E-state index contributed by atoms with van der Waals surface area (Å²) in [5.74, 6) is -0.967. The normalized spacial score (nSPS) is 12.8. The molecule has 1 atom stereocenters. The molecule has 0 radical (unpaired) electrons. The molecule has 7 nitrogen and oxygen atoms in total. The third-order valence-electron chi connectivity index (χ3n) is 3.46. The Labute approximate surface area is 139 Å². The summed E-state index contributed by atoms with van der Waals surface area (Å²) in [7, 11) is -2.12. The molecule has 0 saturated carbocycles. The Morgan fingerprint density at radius 1 is 1.42 bits per heavy atom. The van der Waals surface area contributed by atoms with Crippen LogP contribution in [0.25, 0.3) is 0 Å². The van der Waals surface area contributed by atoms with E-state index in [1.165, 1.54) is 13.0 Å². The number of hydrogen-bond donors (Lipinski definition) is 2. The number of nitrogens with one attached hydrogen (secondary N) is 2. The van der Waals surface area contributed by atoms with Crippen molar-refractivity contribution in [1.82, 2.24) is 19.8 Å². The third-order valence-corrected chi connectivity index (χ3v) is 4.86. The van der Waals surface area contributed by atoms with Crippen molar-refractivity contribution in [3.05, 3.63) is 47.5 Å². The van der Waals surface area contributed by atoms with Gasteiger partial charge in [0, 0.05) is 18.8 Å². The van der Waals surface area contributed by atoms with Crippen molar-refractivity contribution in [1.29, 1.82) is 0 Å². The summed E-state index contributed by atoms with van der Waals surface area (Å²) in [6.07, 6.45) is 3.38. The van der Waals surface area contributed by atoms with E-state index >= 15 is 0 Å². The lowest BCUT2D eigenvalue weighted by Gasteiger charge is -2.13. The smallest absolute Gasteiger partial charge is 0.241 e. The number of halogens is 1. The van der Waals surface area contributed by atoms with Crippen LogP contribution in [0.5, 0.6) is 0 Å². The lowest BCUT2D eigenvalue weighted by Crippen LogP contribution is -2.38. The number of sulfonamides is 1. The standard InChI is InChI=1S/C15H19FN4O3S/c1-10-6-13(4-5-14(10)16)24(22,23)18-8-15(21)19-11(2)12-7-17-20(3)9-12/h4-7,9,11,18H,8H2,1-3H3,(H,19,21)/t11-/m0/s1. The van der Waals surface area contributed by atoms with Gasteiger partial charge in [0.05, 0.1) is 23.7 Å². The molecule has 2 aromatic rings. The van der Waals surface area contributed by atoms with E-state index in [2.05, 4.69) is 15.1 Å². The number of rotatable bonds is 6. The van der Waals surface area contributed by atoms with Gasteiger partial charge in [-0.25, -0.2) is 17.5 Å². The average Bonchev–Trinajstić information content (AvgIpc) is 2.94. The Hall–Kier alpha value is -2.26. The predicted octanol–water partition coefficient (Wildman–Crippen LogP) is 1.02. The second-order valence-corrected chi connectivity index (χ2v) is 7.24. The van der Waals surface area contributed by atoms with Gasteiger partial charge in [-0.1, -0.05) is 0 Å². The minimum atomic E-state index is -3.88. The molecule has 0 unspecified atom stereocenters. The highest BCUT2D eigenvalue weighted by atomic mass is 32.2. The number of hydrogen-bond acceptors (Lipinski definition) is 4. The van der Waals surface area contributed by atoms with Crippen molar-refractivity contribution >= 4 is 15.9 Å². The van der Waals surface area contributed by atoms with Gasteiger partial charge in [-0.2, -0.15) is 5.10 Å². The Kier molecular flexibility index (Phi) is 5.35. The number of benzene rings is 1. The van der Waals surface area contributed by atoms with Gasteiger partial charge in [-0.3, -0.25) is 9.48 Å². The predicted molar refractivity (Wildman–Crippen MR) is 86.1 cm³/mol. The molecule has 0 bridgehead atoms. The lowest BCUT2D eigenvalue weighted by atomic mass is 10.2. The van der Waals surface area contributed by atoms with E-state index in [0.29, 0.717) is 0 Å². The topological polar surface area (TPSA) is 93.1 Å². The number of nitrogens with zero attached hydrogens (tertiary/aromatic N) is 2. The van der Waals surface area contributed by atoms with Crippen molar-refractivity contribution in [3.8, 4) is 0 Å². The molecule has 130 valence electrons. The summed E-state index contributed by atoms with van der Waals surface area (Å²) in [6, 6.07) is 3.15. The van der Waals surface area contributed by atoms with Crippen molar-refractivity contribution < 1.29 is 17.6 Å². The molecule has 0 aliphatic carbocycles. The van der Waals surface area contributed by atoms with Gasteiger partial charge in [0.25, 0.3) is 0 Å². The third kappa shape index (κ3) is 4.39. The van der Waals surface area contributed by atoms with Crippen molar-refractivity contribution in [2.45, 2.75) is 24.8 Å². The first kappa shape index (κ1) is 18.1. The molecule has 2 rings (SSSR count). The molecule has 0 aliphatic rings. The molecule has 1 heterocycles. The van der Waals surface area contributed by atoms with Gasteiger partial charge >= 0.3 is 0 Å². The van der Waals surface area contributed by atoms with E-state index in [4.69, 9.17) is 0 Å². The van der Waals surface area contributed by atoms with Crippen molar-refractivity contribution in [2.75, 3.05) is 6.54 Å². The molecule has 0 saturated heterocycles. The minimum absolute atomic E-state index is 0.0884. The molecule has 0 aliphatic heterocycles. The van der Waals surface area contributed by atoms with E-state index in [-0.39, 0.29) is 16.5 Å². The highest BCUT2D eigenvalue weighted by Gasteiger charge is 2.18. The zero-order valence-electron chi connectivity index (χ0n) is 13.6. The first-order valence-corrected chi connectivity index (χ1v) is 8.71. The quantitative estimate of drug-likeness (QED) is 0.810. The minimum Gasteiger partial charge on any atom is -0.348 e. The molecule has 2 N–H and O–H groups in total. The van der Waals surface area contributed by atoms with E-state index in [0.717, 1.165) is 17.7 Å². The van der Waals surface area contributed by atoms with E-state index in [1.807, 2.05) is 0 Å². The molecule has 1 aromatic carbocycles. The summed E-state index contributed by atoms with van der Waals surface area (Å²) < 4.78 is 41.3. The first-order valence-electron chi connectivity index (χ1n) is 7.23. The van der Waals surface area contributed by atoms with Gasteiger partial charge in [-0.05, 0) is 37.6 Å². The molecule has 9 heteroatoms. The zero-order valence-corrected chi connectivity index (χ0v) is 14.4. The molecule has 1 amide bonds. The Morgan fingerprint density at radius 3 is 2.71 bits per heavy atom. The molecule has 24 heavy (non-hydrogen) atoms. The Balaban J connectivity index is 1.96. The maximum Gasteiger partial charge on any atom is 0.241 e. The van der Waals surface area contributed by atoms with E-state index in [1.54, 1.807) is 31.0 Å². The van der Waals surface area contributed by atoms with Crippen LogP contribution in [0.15, 0.2) is 35.5 Å². The van der Waals surface area contributed by atoms with Crippen molar-refractivity contribution in [3.63, 3.8) is 0 Å². The van der Waals surface area contributed by atoms with Gasteiger partial charge in [0.1, 0.15) is 5.82 Å². The van der Waals surface area contributed by atoms with Crippen LogP contribution >= 0.6 is 0 Å². The number of amides is 1. The monoisotopic (exact) mass is 354 g/mol. The molecular weight excluding hydrogens is 335 g/mol. The number of aromatic nitrogens is 2.